The van der Waals surface area contributed by atoms with Gasteiger partial charge in [-0.3, -0.25) is 4.68 Å². The smallest absolute Gasteiger partial charge is 0.119 e. The first-order valence-corrected chi connectivity index (χ1v) is 5.62. The number of anilines is 1. The molecule has 2 aromatic rings. The topological polar surface area (TPSA) is 53.1 Å². The van der Waals surface area contributed by atoms with Gasteiger partial charge in [-0.2, -0.15) is 5.10 Å². The molecule has 0 saturated carbocycles. The first-order valence-electron chi connectivity index (χ1n) is 5.62. The lowest BCUT2D eigenvalue weighted by atomic mass is 10.1. The third-order valence-electron chi connectivity index (χ3n) is 2.36. The monoisotopic (exact) mass is 231 g/mol. The van der Waals surface area contributed by atoms with E-state index in [1.54, 1.807) is 10.9 Å². The fourth-order valence-corrected chi connectivity index (χ4v) is 1.69. The molecular formula is C13H17N3O. The molecule has 0 radical (unpaired) electrons. The molecule has 0 aliphatic heterocycles. The van der Waals surface area contributed by atoms with Gasteiger partial charge in [0.05, 0.1) is 11.8 Å². The molecule has 0 aliphatic carbocycles. The van der Waals surface area contributed by atoms with Gasteiger partial charge < -0.3 is 10.5 Å². The number of benzene rings is 1. The lowest BCUT2D eigenvalue weighted by Gasteiger charge is -2.09. The Hall–Kier alpha value is -1.97. The number of hydrogen-bond donors (Lipinski definition) is 1. The van der Waals surface area contributed by atoms with Gasteiger partial charge in [0.15, 0.2) is 0 Å². The molecule has 0 aliphatic rings. The lowest BCUT2D eigenvalue weighted by Crippen LogP contribution is -2.05. The first-order chi connectivity index (χ1) is 8.06. The van der Waals surface area contributed by atoms with Gasteiger partial charge in [0.2, 0.25) is 0 Å². The van der Waals surface area contributed by atoms with E-state index in [9.17, 15) is 0 Å². The zero-order chi connectivity index (χ0) is 12.4. The Kier molecular flexibility index (Phi) is 3.04. The number of aryl methyl sites for hydroxylation is 1. The van der Waals surface area contributed by atoms with Crippen LogP contribution in [0.25, 0.3) is 11.3 Å². The number of rotatable bonds is 3. The maximum absolute atomic E-state index is 5.88. The van der Waals surface area contributed by atoms with E-state index < -0.39 is 0 Å². The second-order valence-electron chi connectivity index (χ2n) is 4.30. The number of nitrogens with zero attached hydrogens (tertiary/aromatic N) is 2. The maximum Gasteiger partial charge on any atom is 0.119 e. The van der Waals surface area contributed by atoms with Crippen molar-refractivity contribution >= 4 is 5.69 Å². The molecule has 90 valence electrons. The van der Waals surface area contributed by atoms with E-state index in [0.29, 0.717) is 5.69 Å². The summed E-state index contributed by atoms with van der Waals surface area (Å²) in [5, 5.41) is 4.32. The van der Waals surface area contributed by atoms with Crippen molar-refractivity contribution in [3.8, 4) is 17.0 Å². The second kappa shape index (κ2) is 4.49. The minimum Gasteiger partial charge on any atom is -0.491 e. The largest absolute Gasteiger partial charge is 0.491 e. The number of aromatic nitrogens is 2. The van der Waals surface area contributed by atoms with Gasteiger partial charge >= 0.3 is 0 Å². The number of hydrogen-bond acceptors (Lipinski definition) is 3. The quantitative estimate of drug-likeness (QED) is 0.882. The highest BCUT2D eigenvalue weighted by Gasteiger charge is 2.07. The molecule has 1 heterocycles. The third-order valence-corrected chi connectivity index (χ3v) is 2.36. The Morgan fingerprint density at radius 2 is 1.88 bits per heavy atom. The standard InChI is InChI=1S/C13H17N3O/c1-9(2)17-11-6-4-10(5-7-11)13-12(14)8-16(3)15-13/h4-9H,14H2,1-3H3. The molecule has 4 nitrogen and oxygen atoms in total. The lowest BCUT2D eigenvalue weighted by molar-refractivity contribution is 0.242. The van der Waals surface area contributed by atoms with Crippen molar-refractivity contribution in [1.29, 1.82) is 0 Å². The Morgan fingerprint density at radius 3 is 2.35 bits per heavy atom. The Balaban J connectivity index is 2.26. The Labute approximate surface area is 101 Å². The van der Waals surface area contributed by atoms with E-state index in [2.05, 4.69) is 5.10 Å². The molecule has 0 spiro atoms. The van der Waals surface area contributed by atoms with Gasteiger partial charge in [0, 0.05) is 18.8 Å². The zero-order valence-electron chi connectivity index (χ0n) is 10.3. The number of ether oxygens (including phenoxy) is 1. The van der Waals surface area contributed by atoms with Gasteiger partial charge in [-0.1, -0.05) is 0 Å². The second-order valence-corrected chi connectivity index (χ2v) is 4.30. The molecule has 1 aromatic heterocycles. The zero-order valence-corrected chi connectivity index (χ0v) is 10.3. The van der Waals surface area contributed by atoms with Crippen LogP contribution in [0.2, 0.25) is 0 Å². The average Bonchev–Trinajstić information content (AvgIpc) is 2.58. The van der Waals surface area contributed by atoms with Crippen molar-refractivity contribution in [2.75, 3.05) is 5.73 Å². The molecule has 0 amide bonds. The van der Waals surface area contributed by atoms with Crippen LogP contribution in [0.1, 0.15) is 13.8 Å². The van der Waals surface area contributed by atoms with Crippen LogP contribution >= 0.6 is 0 Å². The van der Waals surface area contributed by atoms with Crippen molar-refractivity contribution in [3.63, 3.8) is 0 Å². The normalized spacial score (nSPS) is 10.8. The van der Waals surface area contributed by atoms with Crippen LogP contribution in [0.5, 0.6) is 5.75 Å². The fourth-order valence-electron chi connectivity index (χ4n) is 1.69. The molecular weight excluding hydrogens is 214 g/mol. The Bertz CT molecular complexity index is 500. The van der Waals surface area contributed by atoms with Crippen LogP contribution in [0, 0.1) is 0 Å². The summed E-state index contributed by atoms with van der Waals surface area (Å²) in [5.74, 6) is 0.859. The van der Waals surface area contributed by atoms with Crippen molar-refractivity contribution in [2.24, 2.45) is 7.05 Å². The molecule has 2 rings (SSSR count). The highest BCUT2D eigenvalue weighted by Crippen LogP contribution is 2.25. The van der Waals surface area contributed by atoms with Crippen LogP contribution in [-0.2, 0) is 7.05 Å². The summed E-state index contributed by atoms with van der Waals surface area (Å²) in [5.41, 5.74) is 8.37. The predicted octanol–water partition coefficient (Wildman–Crippen LogP) is 2.46. The van der Waals surface area contributed by atoms with Crippen LogP contribution in [0.15, 0.2) is 30.5 Å². The third kappa shape index (κ3) is 2.58. The molecule has 0 unspecified atom stereocenters. The van der Waals surface area contributed by atoms with E-state index in [1.807, 2.05) is 45.2 Å². The molecule has 2 N–H and O–H groups in total. The summed E-state index contributed by atoms with van der Waals surface area (Å²) >= 11 is 0. The summed E-state index contributed by atoms with van der Waals surface area (Å²) in [6.45, 7) is 4.01. The molecule has 0 saturated heterocycles. The summed E-state index contributed by atoms with van der Waals surface area (Å²) in [6.07, 6.45) is 1.98. The number of nitrogens with two attached hydrogens (primary N) is 1. The predicted molar refractivity (Wildman–Crippen MR) is 68.8 cm³/mol. The van der Waals surface area contributed by atoms with E-state index in [0.717, 1.165) is 17.0 Å². The van der Waals surface area contributed by atoms with Crippen molar-refractivity contribution in [3.05, 3.63) is 30.5 Å². The molecule has 4 heteroatoms. The summed E-state index contributed by atoms with van der Waals surface area (Å²) in [4.78, 5) is 0. The van der Waals surface area contributed by atoms with Crippen molar-refractivity contribution in [2.45, 2.75) is 20.0 Å². The highest BCUT2D eigenvalue weighted by molar-refractivity contribution is 5.72. The maximum atomic E-state index is 5.88. The Morgan fingerprint density at radius 1 is 1.24 bits per heavy atom. The first kappa shape index (κ1) is 11.5. The average molecular weight is 231 g/mol. The summed E-state index contributed by atoms with van der Waals surface area (Å²) in [6, 6.07) is 7.81. The van der Waals surface area contributed by atoms with Gasteiger partial charge in [-0.15, -0.1) is 0 Å². The van der Waals surface area contributed by atoms with E-state index in [1.165, 1.54) is 0 Å². The van der Waals surface area contributed by atoms with Gasteiger partial charge in [-0.25, -0.2) is 0 Å². The molecule has 0 bridgehead atoms. The van der Waals surface area contributed by atoms with E-state index in [4.69, 9.17) is 10.5 Å². The van der Waals surface area contributed by atoms with Crippen molar-refractivity contribution in [1.82, 2.24) is 9.78 Å². The van der Waals surface area contributed by atoms with Gasteiger partial charge in [-0.05, 0) is 38.1 Å². The molecule has 17 heavy (non-hydrogen) atoms. The summed E-state index contributed by atoms with van der Waals surface area (Å²) in [7, 11) is 1.86. The number of nitrogen functional groups attached to an aromatic ring is 1. The van der Waals surface area contributed by atoms with Gasteiger partial charge in [0.25, 0.3) is 0 Å². The van der Waals surface area contributed by atoms with Gasteiger partial charge in [0.1, 0.15) is 11.4 Å². The SMILES string of the molecule is CC(C)Oc1ccc(-c2nn(C)cc2N)cc1. The van der Waals surface area contributed by atoms with Crippen LogP contribution in [0.4, 0.5) is 5.69 Å². The molecule has 1 aromatic carbocycles. The summed E-state index contributed by atoms with van der Waals surface area (Å²) < 4.78 is 7.30. The van der Waals surface area contributed by atoms with Crippen molar-refractivity contribution < 1.29 is 4.74 Å². The molecule has 0 atom stereocenters. The minimum absolute atomic E-state index is 0.181. The van der Waals surface area contributed by atoms with Crippen LogP contribution in [-0.4, -0.2) is 15.9 Å². The van der Waals surface area contributed by atoms with Crippen LogP contribution in [0.3, 0.4) is 0 Å². The minimum atomic E-state index is 0.181. The molecule has 0 fully saturated rings. The van der Waals surface area contributed by atoms with Crippen LogP contribution < -0.4 is 10.5 Å². The fraction of sp³-hybridized carbons (Fsp3) is 0.308. The van der Waals surface area contributed by atoms with E-state index in [-0.39, 0.29) is 6.10 Å². The van der Waals surface area contributed by atoms with E-state index >= 15 is 0 Å². The highest BCUT2D eigenvalue weighted by atomic mass is 16.5.